The van der Waals surface area contributed by atoms with Crippen LogP contribution in [0.2, 0.25) is 0 Å². The van der Waals surface area contributed by atoms with E-state index in [-0.39, 0.29) is 6.10 Å². The summed E-state index contributed by atoms with van der Waals surface area (Å²) in [5.74, 6) is 5.29. The molecule has 0 aromatic heterocycles. The van der Waals surface area contributed by atoms with Gasteiger partial charge in [0.2, 0.25) is 0 Å². The van der Waals surface area contributed by atoms with Gasteiger partial charge in [-0.3, -0.25) is 4.90 Å². The predicted molar refractivity (Wildman–Crippen MR) is 75.8 cm³/mol. The standard InChI is InChI=1S/C16H28N2O/c17-8-15-9-18(1-2-19-15)10-16-13-4-11-3-12(6-13)7-14(16)5-11/h11-16H,1-10,17H2. The van der Waals surface area contributed by atoms with Crippen LogP contribution in [-0.2, 0) is 4.74 Å². The maximum Gasteiger partial charge on any atom is 0.0824 e. The van der Waals surface area contributed by atoms with Crippen LogP contribution in [0.25, 0.3) is 0 Å². The highest BCUT2D eigenvalue weighted by Gasteiger charge is 2.48. The molecule has 4 aliphatic carbocycles. The average Bonchev–Trinajstić information content (AvgIpc) is 2.42. The molecule has 1 saturated heterocycles. The van der Waals surface area contributed by atoms with Gasteiger partial charge in [0.1, 0.15) is 0 Å². The van der Waals surface area contributed by atoms with Crippen LogP contribution in [0.1, 0.15) is 32.1 Å². The van der Waals surface area contributed by atoms with Crippen molar-refractivity contribution in [2.45, 2.75) is 38.2 Å². The smallest absolute Gasteiger partial charge is 0.0824 e. The minimum Gasteiger partial charge on any atom is -0.374 e. The summed E-state index contributed by atoms with van der Waals surface area (Å²) in [6, 6.07) is 0. The Morgan fingerprint density at radius 3 is 2.32 bits per heavy atom. The molecule has 5 aliphatic rings. The number of nitrogens with zero attached hydrogens (tertiary/aromatic N) is 1. The molecular weight excluding hydrogens is 236 g/mol. The van der Waals surface area contributed by atoms with Gasteiger partial charge >= 0.3 is 0 Å². The van der Waals surface area contributed by atoms with Crippen LogP contribution in [0, 0.1) is 29.6 Å². The second-order valence-corrected chi connectivity index (χ2v) is 7.58. The van der Waals surface area contributed by atoms with Crippen molar-refractivity contribution in [1.82, 2.24) is 4.90 Å². The first-order valence-electron chi connectivity index (χ1n) is 8.36. The molecule has 0 aromatic carbocycles. The van der Waals surface area contributed by atoms with E-state index < -0.39 is 0 Å². The van der Waals surface area contributed by atoms with E-state index in [4.69, 9.17) is 10.5 Å². The van der Waals surface area contributed by atoms with Gasteiger partial charge in [-0.1, -0.05) is 0 Å². The van der Waals surface area contributed by atoms with Gasteiger partial charge in [0.25, 0.3) is 0 Å². The normalized spacial score (nSPS) is 49.7. The summed E-state index contributed by atoms with van der Waals surface area (Å²) >= 11 is 0. The van der Waals surface area contributed by atoms with Gasteiger partial charge in [0, 0.05) is 26.2 Å². The van der Waals surface area contributed by atoms with Crippen molar-refractivity contribution in [2.75, 3.05) is 32.8 Å². The first kappa shape index (κ1) is 12.6. The number of nitrogens with two attached hydrogens (primary N) is 1. The van der Waals surface area contributed by atoms with E-state index in [1.165, 1.54) is 6.54 Å². The fourth-order valence-corrected chi connectivity index (χ4v) is 5.72. The highest BCUT2D eigenvalue weighted by Crippen LogP contribution is 2.56. The number of hydrogen-bond acceptors (Lipinski definition) is 3. The van der Waals surface area contributed by atoms with Crippen molar-refractivity contribution in [1.29, 1.82) is 0 Å². The summed E-state index contributed by atoms with van der Waals surface area (Å²) < 4.78 is 5.70. The molecular formula is C16H28N2O. The molecule has 2 N–H and O–H groups in total. The molecule has 1 aliphatic heterocycles. The Morgan fingerprint density at radius 1 is 1.00 bits per heavy atom. The van der Waals surface area contributed by atoms with E-state index in [0.717, 1.165) is 49.3 Å². The number of hydrogen-bond donors (Lipinski definition) is 1. The summed E-state index contributed by atoms with van der Waals surface area (Å²) in [4.78, 5) is 2.65. The van der Waals surface area contributed by atoms with Gasteiger partial charge in [-0.15, -0.1) is 0 Å². The molecule has 1 unspecified atom stereocenters. The van der Waals surface area contributed by atoms with Gasteiger partial charge < -0.3 is 10.5 Å². The molecule has 0 spiro atoms. The SMILES string of the molecule is NCC1CN(CC2C3CC4CC(C3)CC2C4)CCO1. The minimum absolute atomic E-state index is 0.283. The van der Waals surface area contributed by atoms with Crippen LogP contribution >= 0.6 is 0 Å². The Balaban J connectivity index is 1.40. The summed E-state index contributed by atoms with van der Waals surface area (Å²) in [6.07, 6.45) is 8.02. The molecule has 4 saturated carbocycles. The molecule has 5 fully saturated rings. The van der Waals surface area contributed by atoms with Crippen LogP contribution in [0.4, 0.5) is 0 Å². The van der Waals surface area contributed by atoms with Crippen molar-refractivity contribution in [3.63, 3.8) is 0 Å². The molecule has 0 amide bonds. The largest absolute Gasteiger partial charge is 0.374 e. The molecule has 3 heteroatoms. The molecule has 4 bridgehead atoms. The van der Waals surface area contributed by atoms with E-state index in [9.17, 15) is 0 Å². The molecule has 1 atom stereocenters. The van der Waals surface area contributed by atoms with Crippen LogP contribution in [0.5, 0.6) is 0 Å². The van der Waals surface area contributed by atoms with E-state index in [2.05, 4.69) is 4.90 Å². The summed E-state index contributed by atoms with van der Waals surface area (Å²) in [7, 11) is 0. The average molecular weight is 264 g/mol. The van der Waals surface area contributed by atoms with Crippen LogP contribution in [0.3, 0.4) is 0 Å². The van der Waals surface area contributed by atoms with Crippen molar-refractivity contribution in [2.24, 2.45) is 35.3 Å². The highest BCUT2D eigenvalue weighted by atomic mass is 16.5. The fraction of sp³-hybridized carbons (Fsp3) is 1.00. The van der Waals surface area contributed by atoms with E-state index in [1.807, 2.05) is 0 Å². The van der Waals surface area contributed by atoms with Gasteiger partial charge in [-0.25, -0.2) is 0 Å². The van der Waals surface area contributed by atoms with Gasteiger partial charge in [0.15, 0.2) is 0 Å². The molecule has 1 heterocycles. The Labute approximate surface area is 116 Å². The van der Waals surface area contributed by atoms with Crippen molar-refractivity contribution in [3.8, 4) is 0 Å². The molecule has 0 aromatic rings. The highest BCUT2D eigenvalue weighted by molar-refractivity contribution is 4.99. The van der Waals surface area contributed by atoms with Crippen LogP contribution in [-0.4, -0.2) is 43.8 Å². The molecule has 108 valence electrons. The Morgan fingerprint density at radius 2 is 1.68 bits per heavy atom. The van der Waals surface area contributed by atoms with E-state index in [0.29, 0.717) is 6.54 Å². The number of morpholine rings is 1. The molecule has 3 nitrogen and oxygen atoms in total. The molecule has 5 rings (SSSR count). The summed E-state index contributed by atoms with van der Waals surface area (Å²) in [5, 5.41) is 0. The maximum absolute atomic E-state index is 5.76. The quantitative estimate of drug-likeness (QED) is 0.843. The zero-order chi connectivity index (χ0) is 12.8. The van der Waals surface area contributed by atoms with Gasteiger partial charge in [0.05, 0.1) is 12.7 Å². The second-order valence-electron chi connectivity index (χ2n) is 7.58. The Hall–Kier alpha value is -0.120. The molecule has 19 heavy (non-hydrogen) atoms. The summed E-state index contributed by atoms with van der Waals surface area (Å²) in [6.45, 7) is 5.08. The topological polar surface area (TPSA) is 38.5 Å². The van der Waals surface area contributed by atoms with Crippen LogP contribution in [0.15, 0.2) is 0 Å². The lowest BCUT2D eigenvalue weighted by Gasteiger charge is -2.55. The van der Waals surface area contributed by atoms with Crippen molar-refractivity contribution in [3.05, 3.63) is 0 Å². The van der Waals surface area contributed by atoms with Crippen molar-refractivity contribution < 1.29 is 4.74 Å². The molecule has 0 radical (unpaired) electrons. The monoisotopic (exact) mass is 264 g/mol. The van der Waals surface area contributed by atoms with E-state index >= 15 is 0 Å². The van der Waals surface area contributed by atoms with E-state index in [1.54, 1.807) is 32.1 Å². The zero-order valence-corrected chi connectivity index (χ0v) is 12.0. The number of ether oxygens (including phenoxy) is 1. The van der Waals surface area contributed by atoms with Gasteiger partial charge in [-0.05, 0) is 61.7 Å². The first-order chi connectivity index (χ1) is 9.31. The number of rotatable bonds is 3. The first-order valence-corrected chi connectivity index (χ1v) is 8.36. The van der Waals surface area contributed by atoms with Gasteiger partial charge in [-0.2, -0.15) is 0 Å². The van der Waals surface area contributed by atoms with Crippen molar-refractivity contribution >= 4 is 0 Å². The Bertz CT molecular complexity index is 305. The lowest BCUT2D eigenvalue weighted by atomic mass is 9.52. The Kier molecular flexibility index (Phi) is 3.33. The maximum atomic E-state index is 5.76. The third kappa shape index (κ3) is 2.34. The lowest BCUT2D eigenvalue weighted by molar-refractivity contribution is -0.0740. The minimum atomic E-state index is 0.283. The summed E-state index contributed by atoms with van der Waals surface area (Å²) in [5.41, 5.74) is 5.76. The lowest BCUT2D eigenvalue weighted by Crippen LogP contribution is -2.52. The van der Waals surface area contributed by atoms with Crippen LogP contribution < -0.4 is 5.73 Å². The fourth-order valence-electron chi connectivity index (χ4n) is 5.72. The third-order valence-electron chi connectivity index (χ3n) is 6.38. The third-order valence-corrected chi connectivity index (χ3v) is 6.38. The predicted octanol–water partition coefficient (Wildman–Crippen LogP) is 1.72. The zero-order valence-electron chi connectivity index (χ0n) is 12.0. The second kappa shape index (κ2) is 5.01.